The SMILES string of the molecule is Cc1ccc(F)cc1CN1CCC(C(C)N)C1.Cl. The predicted molar refractivity (Wildman–Crippen MR) is 75.4 cm³/mol. The number of aryl methyl sites for hydroxylation is 1. The van der Waals surface area contributed by atoms with Gasteiger partial charge in [-0.15, -0.1) is 12.4 Å². The van der Waals surface area contributed by atoms with Crippen molar-refractivity contribution in [3.05, 3.63) is 35.1 Å². The zero-order valence-electron chi connectivity index (χ0n) is 11.0. The first-order valence-electron chi connectivity index (χ1n) is 6.29. The van der Waals surface area contributed by atoms with Crippen LogP contribution in [0.5, 0.6) is 0 Å². The van der Waals surface area contributed by atoms with Crippen LogP contribution >= 0.6 is 12.4 Å². The number of nitrogens with zero attached hydrogens (tertiary/aromatic N) is 1. The Bertz CT molecular complexity index is 395. The molecule has 1 aliphatic rings. The summed E-state index contributed by atoms with van der Waals surface area (Å²) in [6, 6.07) is 5.28. The Morgan fingerprint density at radius 2 is 2.22 bits per heavy atom. The predicted octanol–water partition coefficient (Wildman–Crippen LogP) is 2.73. The Kier molecular flexibility index (Phi) is 5.57. The second-order valence-corrected chi connectivity index (χ2v) is 5.21. The van der Waals surface area contributed by atoms with Crippen LogP contribution in [0.25, 0.3) is 0 Å². The minimum absolute atomic E-state index is 0. The molecule has 1 aromatic carbocycles. The maximum absolute atomic E-state index is 13.2. The lowest BCUT2D eigenvalue weighted by Gasteiger charge is -2.18. The van der Waals surface area contributed by atoms with Crippen LogP contribution in [-0.4, -0.2) is 24.0 Å². The van der Waals surface area contributed by atoms with Gasteiger partial charge in [-0.05, 0) is 56.0 Å². The maximum atomic E-state index is 13.2. The molecule has 1 aromatic rings. The van der Waals surface area contributed by atoms with E-state index in [9.17, 15) is 4.39 Å². The summed E-state index contributed by atoms with van der Waals surface area (Å²) >= 11 is 0. The summed E-state index contributed by atoms with van der Waals surface area (Å²) in [5.41, 5.74) is 8.18. The van der Waals surface area contributed by atoms with Gasteiger partial charge in [0.25, 0.3) is 0 Å². The molecule has 0 bridgehead atoms. The zero-order chi connectivity index (χ0) is 12.4. The fourth-order valence-corrected chi connectivity index (χ4v) is 2.49. The monoisotopic (exact) mass is 272 g/mol. The lowest BCUT2D eigenvalue weighted by Crippen LogP contribution is -2.29. The van der Waals surface area contributed by atoms with Gasteiger partial charge in [0.15, 0.2) is 0 Å². The molecule has 2 atom stereocenters. The fraction of sp³-hybridized carbons (Fsp3) is 0.571. The van der Waals surface area contributed by atoms with Crippen molar-refractivity contribution in [2.45, 2.75) is 32.9 Å². The number of rotatable bonds is 3. The maximum Gasteiger partial charge on any atom is 0.123 e. The van der Waals surface area contributed by atoms with Crippen LogP contribution in [0.15, 0.2) is 18.2 Å². The first kappa shape index (κ1) is 15.4. The quantitative estimate of drug-likeness (QED) is 0.917. The smallest absolute Gasteiger partial charge is 0.123 e. The summed E-state index contributed by atoms with van der Waals surface area (Å²) in [6.45, 7) is 7.05. The Hall–Kier alpha value is -0.640. The first-order chi connectivity index (χ1) is 8.06. The molecular weight excluding hydrogens is 251 g/mol. The highest BCUT2D eigenvalue weighted by molar-refractivity contribution is 5.85. The van der Waals surface area contributed by atoms with E-state index in [1.54, 1.807) is 6.07 Å². The van der Waals surface area contributed by atoms with Crippen molar-refractivity contribution in [1.82, 2.24) is 4.90 Å². The van der Waals surface area contributed by atoms with Gasteiger partial charge in [0, 0.05) is 19.1 Å². The summed E-state index contributed by atoms with van der Waals surface area (Å²) in [5, 5.41) is 0. The van der Waals surface area contributed by atoms with Gasteiger partial charge in [-0.2, -0.15) is 0 Å². The van der Waals surface area contributed by atoms with E-state index in [-0.39, 0.29) is 24.3 Å². The molecule has 2 nitrogen and oxygen atoms in total. The Morgan fingerprint density at radius 3 is 2.83 bits per heavy atom. The molecule has 0 saturated carbocycles. The number of benzene rings is 1. The van der Waals surface area contributed by atoms with Crippen LogP contribution in [0.2, 0.25) is 0 Å². The van der Waals surface area contributed by atoms with Crippen LogP contribution in [-0.2, 0) is 6.54 Å². The van der Waals surface area contributed by atoms with Crippen molar-refractivity contribution in [2.75, 3.05) is 13.1 Å². The lowest BCUT2D eigenvalue weighted by atomic mass is 10.0. The Balaban J connectivity index is 0.00000162. The molecule has 2 rings (SSSR count). The minimum atomic E-state index is -0.145. The molecule has 0 amide bonds. The van der Waals surface area contributed by atoms with E-state index in [0.29, 0.717) is 5.92 Å². The minimum Gasteiger partial charge on any atom is -0.328 e. The Labute approximate surface area is 115 Å². The largest absolute Gasteiger partial charge is 0.328 e. The fourth-order valence-electron chi connectivity index (χ4n) is 2.49. The van der Waals surface area contributed by atoms with E-state index >= 15 is 0 Å². The zero-order valence-corrected chi connectivity index (χ0v) is 11.8. The van der Waals surface area contributed by atoms with Gasteiger partial charge in [0.05, 0.1) is 0 Å². The summed E-state index contributed by atoms with van der Waals surface area (Å²) in [6.07, 6.45) is 1.16. The summed E-state index contributed by atoms with van der Waals surface area (Å²) < 4.78 is 13.2. The van der Waals surface area contributed by atoms with Crippen molar-refractivity contribution in [3.8, 4) is 0 Å². The number of likely N-dealkylation sites (tertiary alicyclic amines) is 1. The van der Waals surface area contributed by atoms with E-state index in [2.05, 4.69) is 11.8 Å². The van der Waals surface area contributed by atoms with Crippen LogP contribution in [0.4, 0.5) is 4.39 Å². The number of halogens is 2. The lowest BCUT2D eigenvalue weighted by molar-refractivity contribution is 0.307. The third-order valence-corrected chi connectivity index (χ3v) is 3.76. The first-order valence-corrected chi connectivity index (χ1v) is 6.29. The summed E-state index contributed by atoms with van der Waals surface area (Å²) in [4.78, 5) is 2.37. The van der Waals surface area contributed by atoms with Gasteiger partial charge in [0.2, 0.25) is 0 Å². The molecule has 1 heterocycles. The number of hydrogen-bond acceptors (Lipinski definition) is 2. The summed E-state index contributed by atoms with van der Waals surface area (Å²) in [5.74, 6) is 0.442. The van der Waals surface area contributed by atoms with Crippen molar-refractivity contribution in [3.63, 3.8) is 0 Å². The average Bonchev–Trinajstić information content (AvgIpc) is 2.72. The molecular formula is C14H22ClFN2. The molecule has 1 fully saturated rings. The van der Waals surface area contributed by atoms with E-state index < -0.39 is 0 Å². The second kappa shape index (κ2) is 6.50. The van der Waals surface area contributed by atoms with Crippen LogP contribution in [0.3, 0.4) is 0 Å². The Morgan fingerprint density at radius 1 is 1.50 bits per heavy atom. The molecule has 4 heteroatoms. The van der Waals surface area contributed by atoms with Crippen LogP contribution in [0.1, 0.15) is 24.5 Å². The van der Waals surface area contributed by atoms with Crippen molar-refractivity contribution >= 4 is 12.4 Å². The summed E-state index contributed by atoms with van der Waals surface area (Å²) in [7, 11) is 0. The van der Waals surface area contributed by atoms with Crippen molar-refractivity contribution in [1.29, 1.82) is 0 Å². The molecule has 102 valence electrons. The van der Waals surface area contributed by atoms with Gasteiger partial charge in [0.1, 0.15) is 5.82 Å². The molecule has 2 N–H and O–H groups in total. The molecule has 1 saturated heterocycles. The van der Waals surface area contributed by atoms with Crippen molar-refractivity contribution < 1.29 is 4.39 Å². The highest BCUT2D eigenvalue weighted by Gasteiger charge is 2.25. The van der Waals surface area contributed by atoms with Gasteiger partial charge < -0.3 is 5.73 Å². The topological polar surface area (TPSA) is 29.3 Å². The van der Waals surface area contributed by atoms with Gasteiger partial charge in [-0.25, -0.2) is 4.39 Å². The molecule has 0 aromatic heterocycles. The molecule has 2 unspecified atom stereocenters. The van der Waals surface area contributed by atoms with E-state index in [0.717, 1.165) is 37.2 Å². The normalized spacial score (nSPS) is 21.7. The van der Waals surface area contributed by atoms with Gasteiger partial charge in [-0.3, -0.25) is 4.90 Å². The second-order valence-electron chi connectivity index (χ2n) is 5.21. The average molecular weight is 273 g/mol. The molecule has 1 aliphatic heterocycles. The van der Waals surface area contributed by atoms with Crippen LogP contribution in [0, 0.1) is 18.7 Å². The van der Waals surface area contributed by atoms with Gasteiger partial charge >= 0.3 is 0 Å². The van der Waals surface area contributed by atoms with E-state index in [4.69, 9.17) is 5.73 Å². The van der Waals surface area contributed by atoms with Crippen LogP contribution < -0.4 is 5.73 Å². The van der Waals surface area contributed by atoms with E-state index in [1.807, 2.05) is 13.0 Å². The molecule has 0 spiro atoms. The third kappa shape index (κ3) is 3.67. The molecule has 0 aliphatic carbocycles. The number of nitrogens with two attached hydrogens (primary N) is 1. The molecule has 18 heavy (non-hydrogen) atoms. The molecule has 0 radical (unpaired) electrons. The van der Waals surface area contributed by atoms with E-state index in [1.165, 1.54) is 6.07 Å². The highest BCUT2D eigenvalue weighted by Crippen LogP contribution is 2.22. The third-order valence-electron chi connectivity index (χ3n) is 3.76. The standard InChI is InChI=1S/C14H21FN2.ClH/c1-10-3-4-14(15)7-13(10)9-17-6-5-12(8-17)11(2)16;/h3-4,7,11-12H,5-6,8-9,16H2,1-2H3;1H. The van der Waals surface area contributed by atoms with Gasteiger partial charge in [-0.1, -0.05) is 6.07 Å². The number of hydrogen-bond donors (Lipinski definition) is 1. The highest BCUT2D eigenvalue weighted by atomic mass is 35.5. The van der Waals surface area contributed by atoms with Crippen molar-refractivity contribution in [2.24, 2.45) is 11.7 Å².